The first kappa shape index (κ1) is 14.4. The highest BCUT2D eigenvalue weighted by Gasteiger charge is 2.12. The van der Waals surface area contributed by atoms with Gasteiger partial charge in [0, 0.05) is 18.8 Å². The zero-order valence-electron chi connectivity index (χ0n) is 11.9. The van der Waals surface area contributed by atoms with Crippen molar-refractivity contribution in [3.63, 3.8) is 0 Å². The summed E-state index contributed by atoms with van der Waals surface area (Å²) in [6.07, 6.45) is 4.33. The highest BCUT2D eigenvalue weighted by Crippen LogP contribution is 2.17. The van der Waals surface area contributed by atoms with Gasteiger partial charge >= 0.3 is 0 Å². The molecule has 20 heavy (non-hydrogen) atoms. The van der Waals surface area contributed by atoms with Gasteiger partial charge in [0.25, 0.3) is 0 Å². The fourth-order valence-corrected chi connectivity index (χ4v) is 2.32. The Bertz CT molecular complexity index is 520. The summed E-state index contributed by atoms with van der Waals surface area (Å²) in [4.78, 5) is 2.32. The Hall–Kier alpha value is -2.06. The molecule has 0 bridgehead atoms. The monoisotopic (exact) mass is 266 g/mol. The van der Waals surface area contributed by atoms with Gasteiger partial charge in [-0.3, -0.25) is 0 Å². The number of rotatable bonds is 6. The van der Waals surface area contributed by atoms with Gasteiger partial charge in [0.05, 0.1) is 6.04 Å². The molecule has 0 saturated carbocycles. The van der Waals surface area contributed by atoms with Gasteiger partial charge in [-0.1, -0.05) is 60.7 Å². The minimum Gasteiger partial charge on any atom is -0.364 e. The predicted molar refractivity (Wildman–Crippen MR) is 87.8 cm³/mol. The second-order valence-electron chi connectivity index (χ2n) is 4.69. The van der Waals surface area contributed by atoms with Crippen LogP contribution < -0.4 is 10.6 Å². The molecule has 1 unspecified atom stereocenters. The molecule has 0 fully saturated rings. The van der Waals surface area contributed by atoms with Crippen molar-refractivity contribution in [2.75, 3.05) is 18.0 Å². The molecule has 2 nitrogen and oxygen atoms in total. The van der Waals surface area contributed by atoms with Gasteiger partial charge in [-0.2, -0.15) is 0 Å². The van der Waals surface area contributed by atoms with E-state index in [1.165, 1.54) is 11.3 Å². The van der Waals surface area contributed by atoms with Gasteiger partial charge in [0.15, 0.2) is 0 Å². The standard InChI is InChI=1S/C18H22N2/c1-2-20(17-11-7-4-8-12-17)18(15-19)14-13-16-9-5-3-6-10-16/h3-14,18H,2,15,19H2,1H3/b14-13-. The van der Waals surface area contributed by atoms with E-state index in [0.717, 1.165) is 6.54 Å². The van der Waals surface area contributed by atoms with Crippen molar-refractivity contribution >= 4 is 11.8 Å². The van der Waals surface area contributed by atoms with Gasteiger partial charge < -0.3 is 10.6 Å². The number of hydrogen-bond donors (Lipinski definition) is 1. The third kappa shape index (κ3) is 3.72. The van der Waals surface area contributed by atoms with E-state index < -0.39 is 0 Å². The summed E-state index contributed by atoms with van der Waals surface area (Å²) in [5, 5.41) is 0. The smallest absolute Gasteiger partial charge is 0.0598 e. The van der Waals surface area contributed by atoms with Crippen LogP contribution in [0.1, 0.15) is 12.5 Å². The minimum atomic E-state index is 0.211. The number of para-hydroxylation sites is 1. The fourth-order valence-electron chi connectivity index (χ4n) is 2.32. The average molecular weight is 266 g/mol. The molecule has 1 atom stereocenters. The predicted octanol–water partition coefficient (Wildman–Crippen LogP) is 3.55. The molecule has 0 heterocycles. The van der Waals surface area contributed by atoms with Crippen LogP contribution in [0, 0.1) is 0 Å². The summed E-state index contributed by atoms with van der Waals surface area (Å²) in [6, 6.07) is 20.9. The lowest BCUT2D eigenvalue weighted by molar-refractivity contribution is 0.711. The molecule has 2 aromatic carbocycles. The Labute approximate surface area is 121 Å². The van der Waals surface area contributed by atoms with E-state index in [1.54, 1.807) is 0 Å². The lowest BCUT2D eigenvalue weighted by Gasteiger charge is -2.30. The van der Waals surface area contributed by atoms with Crippen LogP contribution in [0.3, 0.4) is 0 Å². The topological polar surface area (TPSA) is 29.3 Å². The zero-order chi connectivity index (χ0) is 14.2. The van der Waals surface area contributed by atoms with E-state index in [4.69, 9.17) is 5.73 Å². The van der Waals surface area contributed by atoms with E-state index in [-0.39, 0.29) is 6.04 Å². The molecule has 2 rings (SSSR count). The number of anilines is 1. The zero-order valence-corrected chi connectivity index (χ0v) is 11.9. The Morgan fingerprint density at radius 2 is 1.60 bits per heavy atom. The third-order valence-electron chi connectivity index (χ3n) is 3.38. The molecule has 2 heteroatoms. The summed E-state index contributed by atoms with van der Waals surface area (Å²) in [6.45, 7) is 3.70. The van der Waals surface area contributed by atoms with Crippen molar-refractivity contribution in [1.29, 1.82) is 0 Å². The van der Waals surface area contributed by atoms with Crippen LogP contribution in [0.4, 0.5) is 5.69 Å². The summed E-state index contributed by atoms with van der Waals surface area (Å²) in [5.41, 5.74) is 8.37. The van der Waals surface area contributed by atoms with E-state index >= 15 is 0 Å². The van der Waals surface area contributed by atoms with Gasteiger partial charge in [-0.05, 0) is 24.6 Å². The summed E-state index contributed by atoms with van der Waals surface area (Å²) < 4.78 is 0. The summed E-state index contributed by atoms with van der Waals surface area (Å²) >= 11 is 0. The van der Waals surface area contributed by atoms with Crippen LogP contribution in [-0.4, -0.2) is 19.1 Å². The maximum Gasteiger partial charge on any atom is 0.0598 e. The average Bonchev–Trinajstić information content (AvgIpc) is 2.53. The number of nitrogens with two attached hydrogens (primary N) is 1. The van der Waals surface area contributed by atoms with Crippen LogP contribution in [0.5, 0.6) is 0 Å². The number of nitrogens with zero attached hydrogens (tertiary/aromatic N) is 1. The van der Waals surface area contributed by atoms with Crippen molar-refractivity contribution in [2.45, 2.75) is 13.0 Å². The quantitative estimate of drug-likeness (QED) is 0.866. The van der Waals surface area contributed by atoms with Gasteiger partial charge in [0.1, 0.15) is 0 Å². The van der Waals surface area contributed by atoms with Gasteiger partial charge in [-0.25, -0.2) is 0 Å². The van der Waals surface area contributed by atoms with Crippen molar-refractivity contribution in [3.05, 3.63) is 72.3 Å². The van der Waals surface area contributed by atoms with Crippen molar-refractivity contribution < 1.29 is 0 Å². The van der Waals surface area contributed by atoms with E-state index in [0.29, 0.717) is 6.54 Å². The molecule has 104 valence electrons. The molecule has 0 radical (unpaired) electrons. The first-order valence-electron chi connectivity index (χ1n) is 7.10. The highest BCUT2D eigenvalue weighted by molar-refractivity contribution is 5.53. The molecule has 0 aliphatic carbocycles. The molecule has 2 N–H and O–H groups in total. The van der Waals surface area contributed by atoms with Gasteiger partial charge in [-0.15, -0.1) is 0 Å². The normalized spacial score (nSPS) is 12.5. The molecule has 0 aromatic heterocycles. The molecule has 0 aliphatic heterocycles. The highest BCUT2D eigenvalue weighted by atomic mass is 15.2. The number of benzene rings is 2. The Kier molecular flexibility index (Phi) is 5.39. The first-order chi connectivity index (χ1) is 9.85. The van der Waals surface area contributed by atoms with E-state index in [2.05, 4.69) is 60.4 Å². The maximum absolute atomic E-state index is 5.96. The van der Waals surface area contributed by atoms with Crippen LogP contribution in [0.2, 0.25) is 0 Å². The van der Waals surface area contributed by atoms with E-state index in [9.17, 15) is 0 Å². The van der Waals surface area contributed by atoms with Crippen LogP contribution in [-0.2, 0) is 0 Å². The van der Waals surface area contributed by atoms with Crippen LogP contribution in [0.15, 0.2) is 66.7 Å². The van der Waals surface area contributed by atoms with E-state index in [1.807, 2.05) is 24.3 Å². The Morgan fingerprint density at radius 1 is 1.00 bits per heavy atom. The first-order valence-corrected chi connectivity index (χ1v) is 7.10. The molecule has 0 saturated heterocycles. The van der Waals surface area contributed by atoms with Crippen LogP contribution >= 0.6 is 0 Å². The van der Waals surface area contributed by atoms with Crippen molar-refractivity contribution in [3.8, 4) is 0 Å². The maximum atomic E-state index is 5.96. The minimum absolute atomic E-state index is 0.211. The fraction of sp³-hybridized carbons (Fsp3) is 0.222. The lowest BCUT2D eigenvalue weighted by Crippen LogP contribution is -2.39. The summed E-state index contributed by atoms with van der Waals surface area (Å²) in [5.74, 6) is 0. The number of hydrogen-bond acceptors (Lipinski definition) is 2. The summed E-state index contributed by atoms with van der Waals surface area (Å²) in [7, 11) is 0. The lowest BCUT2D eigenvalue weighted by atomic mass is 10.1. The molecular formula is C18H22N2. The largest absolute Gasteiger partial charge is 0.364 e. The molecule has 0 amide bonds. The van der Waals surface area contributed by atoms with Crippen molar-refractivity contribution in [1.82, 2.24) is 0 Å². The Balaban J connectivity index is 2.16. The second-order valence-corrected chi connectivity index (χ2v) is 4.69. The Morgan fingerprint density at radius 3 is 2.15 bits per heavy atom. The van der Waals surface area contributed by atoms with Crippen LogP contribution in [0.25, 0.3) is 6.08 Å². The SMILES string of the molecule is CCN(c1ccccc1)C(/C=C\c1ccccc1)CN. The molecule has 2 aromatic rings. The second kappa shape index (κ2) is 7.51. The molecular weight excluding hydrogens is 244 g/mol. The van der Waals surface area contributed by atoms with Crippen molar-refractivity contribution in [2.24, 2.45) is 5.73 Å². The number of likely N-dealkylation sites (N-methyl/N-ethyl adjacent to an activating group) is 1. The molecule has 0 spiro atoms. The van der Waals surface area contributed by atoms with Gasteiger partial charge in [0.2, 0.25) is 0 Å². The third-order valence-corrected chi connectivity index (χ3v) is 3.38. The molecule has 0 aliphatic rings.